The van der Waals surface area contributed by atoms with Crippen LogP contribution in [0.15, 0.2) is 34.9 Å². The lowest BCUT2D eigenvalue weighted by Crippen LogP contribution is -1.85. The minimum absolute atomic E-state index is 0.137. The molecule has 0 aromatic rings. The van der Waals surface area contributed by atoms with Gasteiger partial charge in [-0.25, -0.2) is 0 Å². The van der Waals surface area contributed by atoms with Crippen molar-refractivity contribution in [3.8, 4) is 0 Å². The second-order valence-corrected chi connectivity index (χ2v) is 4.19. The summed E-state index contributed by atoms with van der Waals surface area (Å²) in [7, 11) is 0. The van der Waals surface area contributed by atoms with Gasteiger partial charge in [0.25, 0.3) is 0 Å². The van der Waals surface area contributed by atoms with E-state index in [1.54, 1.807) is 0 Å². The molecule has 0 heterocycles. The molecule has 0 amide bonds. The average Bonchev–Trinajstić information content (AvgIpc) is 2.01. The van der Waals surface area contributed by atoms with Crippen LogP contribution in [0.2, 0.25) is 0 Å². The van der Waals surface area contributed by atoms with Gasteiger partial charge in [0, 0.05) is 0 Å². The molecule has 0 rings (SSSR count). The standard InChI is InChI=1S/C13H22O/c1-10(2)6-11(3)7-12(4)8-13(5)9-14/h6-8,10,14H,9H2,1-5H3/b11-6+,12-7+,13-8+. The highest BCUT2D eigenvalue weighted by Crippen LogP contribution is 2.08. The summed E-state index contributed by atoms with van der Waals surface area (Å²) in [5.74, 6) is 0.585. The highest BCUT2D eigenvalue weighted by atomic mass is 16.3. The van der Waals surface area contributed by atoms with Crippen LogP contribution in [0.4, 0.5) is 0 Å². The van der Waals surface area contributed by atoms with Crippen molar-refractivity contribution in [2.45, 2.75) is 34.6 Å². The van der Waals surface area contributed by atoms with Crippen LogP contribution in [-0.2, 0) is 0 Å². The third-order valence-corrected chi connectivity index (χ3v) is 1.78. The zero-order valence-corrected chi connectivity index (χ0v) is 9.96. The summed E-state index contributed by atoms with van der Waals surface area (Å²) in [5.41, 5.74) is 3.46. The Morgan fingerprint density at radius 2 is 1.64 bits per heavy atom. The van der Waals surface area contributed by atoms with Crippen LogP contribution in [0.25, 0.3) is 0 Å². The van der Waals surface area contributed by atoms with E-state index >= 15 is 0 Å². The van der Waals surface area contributed by atoms with E-state index in [1.807, 2.05) is 13.0 Å². The Morgan fingerprint density at radius 3 is 2.07 bits per heavy atom. The number of rotatable bonds is 4. The molecule has 0 unspecified atom stereocenters. The normalized spacial score (nSPS) is 15.2. The summed E-state index contributed by atoms with van der Waals surface area (Å²) in [6.45, 7) is 10.6. The van der Waals surface area contributed by atoms with Crippen molar-refractivity contribution in [3.63, 3.8) is 0 Å². The first-order valence-corrected chi connectivity index (χ1v) is 5.10. The first-order valence-electron chi connectivity index (χ1n) is 5.10. The number of aliphatic hydroxyl groups is 1. The van der Waals surface area contributed by atoms with Crippen molar-refractivity contribution >= 4 is 0 Å². The van der Waals surface area contributed by atoms with Crippen molar-refractivity contribution in [3.05, 3.63) is 34.9 Å². The molecule has 0 radical (unpaired) electrons. The molecule has 0 fully saturated rings. The van der Waals surface area contributed by atoms with Crippen LogP contribution in [0.1, 0.15) is 34.6 Å². The van der Waals surface area contributed by atoms with Crippen LogP contribution < -0.4 is 0 Å². The zero-order valence-electron chi connectivity index (χ0n) is 9.96. The minimum atomic E-state index is 0.137. The Balaban J connectivity index is 4.52. The molecular formula is C13H22O. The maximum absolute atomic E-state index is 8.85. The van der Waals surface area contributed by atoms with E-state index in [4.69, 9.17) is 5.11 Å². The highest BCUT2D eigenvalue weighted by molar-refractivity contribution is 5.29. The second-order valence-electron chi connectivity index (χ2n) is 4.19. The Morgan fingerprint density at radius 1 is 1.07 bits per heavy atom. The van der Waals surface area contributed by atoms with E-state index in [9.17, 15) is 0 Å². The van der Waals surface area contributed by atoms with Gasteiger partial charge in [-0.3, -0.25) is 0 Å². The van der Waals surface area contributed by atoms with Crippen LogP contribution in [0.3, 0.4) is 0 Å². The van der Waals surface area contributed by atoms with E-state index in [0.29, 0.717) is 5.92 Å². The molecule has 80 valence electrons. The fourth-order valence-corrected chi connectivity index (χ4v) is 1.41. The predicted octanol–water partition coefficient (Wildman–Crippen LogP) is 3.47. The van der Waals surface area contributed by atoms with Gasteiger partial charge in [-0.2, -0.15) is 0 Å². The van der Waals surface area contributed by atoms with Crippen LogP contribution in [0, 0.1) is 5.92 Å². The van der Waals surface area contributed by atoms with Gasteiger partial charge in [0.05, 0.1) is 6.61 Å². The van der Waals surface area contributed by atoms with Gasteiger partial charge in [-0.15, -0.1) is 0 Å². The number of allylic oxidation sites excluding steroid dienone is 5. The first-order chi connectivity index (χ1) is 6.45. The number of aliphatic hydroxyl groups excluding tert-OH is 1. The molecule has 1 N–H and O–H groups in total. The lowest BCUT2D eigenvalue weighted by atomic mass is 10.1. The van der Waals surface area contributed by atoms with E-state index in [0.717, 1.165) is 5.57 Å². The minimum Gasteiger partial charge on any atom is -0.392 e. The smallest absolute Gasteiger partial charge is 0.0642 e. The van der Waals surface area contributed by atoms with Crippen molar-refractivity contribution in [1.82, 2.24) is 0 Å². The van der Waals surface area contributed by atoms with Crippen LogP contribution >= 0.6 is 0 Å². The molecule has 0 aromatic carbocycles. The molecule has 0 aromatic heterocycles. The van der Waals surface area contributed by atoms with E-state index in [2.05, 4.69) is 39.8 Å². The van der Waals surface area contributed by atoms with Gasteiger partial charge in [-0.05, 0) is 32.3 Å². The third kappa shape index (κ3) is 6.67. The summed E-state index contributed by atoms with van der Waals surface area (Å²) in [4.78, 5) is 0. The zero-order chi connectivity index (χ0) is 11.1. The number of hydrogen-bond acceptors (Lipinski definition) is 1. The van der Waals surface area contributed by atoms with E-state index in [1.165, 1.54) is 11.1 Å². The maximum Gasteiger partial charge on any atom is 0.0642 e. The largest absolute Gasteiger partial charge is 0.392 e. The van der Waals surface area contributed by atoms with Crippen molar-refractivity contribution in [1.29, 1.82) is 0 Å². The molecular weight excluding hydrogens is 172 g/mol. The molecule has 0 aliphatic carbocycles. The van der Waals surface area contributed by atoms with E-state index in [-0.39, 0.29) is 6.61 Å². The Hall–Kier alpha value is -0.820. The van der Waals surface area contributed by atoms with Gasteiger partial charge in [0.2, 0.25) is 0 Å². The van der Waals surface area contributed by atoms with Crippen molar-refractivity contribution < 1.29 is 5.11 Å². The monoisotopic (exact) mass is 194 g/mol. The Kier molecular flexibility index (Phi) is 6.22. The summed E-state index contributed by atoms with van der Waals surface area (Å²) in [5, 5.41) is 8.85. The predicted molar refractivity (Wildman–Crippen MR) is 63.2 cm³/mol. The molecule has 14 heavy (non-hydrogen) atoms. The molecule has 1 heteroatoms. The lowest BCUT2D eigenvalue weighted by Gasteiger charge is -2.00. The molecule has 0 saturated heterocycles. The van der Waals surface area contributed by atoms with Gasteiger partial charge in [0.1, 0.15) is 0 Å². The fraction of sp³-hybridized carbons (Fsp3) is 0.538. The van der Waals surface area contributed by atoms with Crippen molar-refractivity contribution in [2.75, 3.05) is 6.61 Å². The van der Waals surface area contributed by atoms with Crippen LogP contribution in [0.5, 0.6) is 0 Å². The third-order valence-electron chi connectivity index (χ3n) is 1.78. The molecule has 0 bridgehead atoms. The van der Waals surface area contributed by atoms with Crippen molar-refractivity contribution in [2.24, 2.45) is 5.92 Å². The molecule has 0 aliphatic heterocycles. The van der Waals surface area contributed by atoms with Gasteiger partial charge < -0.3 is 5.11 Å². The molecule has 1 nitrogen and oxygen atoms in total. The lowest BCUT2D eigenvalue weighted by molar-refractivity contribution is 0.331. The SMILES string of the molecule is CC(=C\C(C)=C\C(C)C)/C=C(\C)CO. The second kappa shape index (κ2) is 6.61. The Labute approximate surface area is 87.8 Å². The fourth-order valence-electron chi connectivity index (χ4n) is 1.41. The quantitative estimate of drug-likeness (QED) is 0.679. The summed E-state index contributed by atoms with van der Waals surface area (Å²) >= 11 is 0. The topological polar surface area (TPSA) is 20.2 Å². The van der Waals surface area contributed by atoms with Gasteiger partial charge in [0.15, 0.2) is 0 Å². The molecule has 0 atom stereocenters. The van der Waals surface area contributed by atoms with E-state index < -0.39 is 0 Å². The highest BCUT2D eigenvalue weighted by Gasteiger charge is 1.91. The van der Waals surface area contributed by atoms with Gasteiger partial charge in [-0.1, -0.05) is 43.2 Å². The van der Waals surface area contributed by atoms with Crippen LogP contribution in [-0.4, -0.2) is 11.7 Å². The maximum atomic E-state index is 8.85. The summed E-state index contributed by atoms with van der Waals surface area (Å²) in [6, 6.07) is 0. The molecule has 0 saturated carbocycles. The summed E-state index contributed by atoms with van der Waals surface area (Å²) in [6.07, 6.45) is 6.38. The molecule has 0 spiro atoms. The average molecular weight is 194 g/mol. The molecule has 0 aliphatic rings. The Bertz CT molecular complexity index is 254. The van der Waals surface area contributed by atoms with Gasteiger partial charge >= 0.3 is 0 Å². The number of hydrogen-bond donors (Lipinski definition) is 1. The summed E-state index contributed by atoms with van der Waals surface area (Å²) < 4.78 is 0. The first kappa shape index (κ1) is 13.2.